The van der Waals surface area contributed by atoms with E-state index in [1.165, 1.54) is 24.5 Å². The molecule has 1 unspecified atom stereocenters. The number of benzene rings is 1. The normalized spacial score (nSPS) is 12.3. The number of hydrogen-bond acceptors (Lipinski definition) is 4. The predicted octanol–water partition coefficient (Wildman–Crippen LogP) is 3.87. The van der Waals surface area contributed by atoms with Crippen LogP contribution in [0.4, 0.5) is 8.78 Å². The third-order valence-electron chi connectivity index (χ3n) is 3.52. The molecule has 2 heterocycles. The highest BCUT2D eigenvalue weighted by Gasteiger charge is 2.16. The minimum atomic E-state index is -0.698. The number of pyridine rings is 1. The van der Waals surface area contributed by atoms with Crippen LogP contribution in [0, 0.1) is 11.6 Å². The van der Waals surface area contributed by atoms with E-state index >= 15 is 0 Å². The highest BCUT2D eigenvalue weighted by molar-refractivity contribution is 5.55. The molecule has 0 bridgehead atoms. The maximum atomic E-state index is 13.7. The van der Waals surface area contributed by atoms with Crippen LogP contribution in [0.15, 0.2) is 53.4 Å². The van der Waals surface area contributed by atoms with Crippen LogP contribution in [0.25, 0.3) is 11.5 Å². The molecule has 0 saturated heterocycles. The number of nitrogens with zero attached hydrogens (tertiary/aromatic N) is 2. The van der Waals surface area contributed by atoms with Gasteiger partial charge in [0.2, 0.25) is 5.89 Å². The lowest BCUT2D eigenvalue weighted by Crippen LogP contribution is -2.18. The predicted molar refractivity (Wildman–Crippen MR) is 81.3 cm³/mol. The van der Waals surface area contributed by atoms with Gasteiger partial charge in [0, 0.05) is 25.0 Å². The Morgan fingerprint density at radius 3 is 2.52 bits per heavy atom. The molecule has 1 aromatic carbocycles. The molecule has 0 saturated carbocycles. The quantitative estimate of drug-likeness (QED) is 0.776. The van der Waals surface area contributed by atoms with Gasteiger partial charge in [-0.2, -0.15) is 0 Å². The minimum absolute atomic E-state index is 0.0611. The van der Waals surface area contributed by atoms with Gasteiger partial charge in [0.15, 0.2) is 0 Å². The summed E-state index contributed by atoms with van der Waals surface area (Å²) < 4.78 is 32.6. The fraction of sp³-hybridized carbons (Fsp3) is 0.176. The molecular weight excluding hydrogens is 300 g/mol. The number of aromatic nitrogens is 2. The zero-order chi connectivity index (χ0) is 16.2. The number of nitrogens with one attached hydrogen (secondary N) is 1. The van der Waals surface area contributed by atoms with E-state index in [2.05, 4.69) is 15.3 Å². The molecule has 2 aromatic heterocycles. The van der Waals surface area contributed by atoms with Gasteiger partial charge in [-0.3, -0.25) is 4.98 Å². The molecule has 3 aromatic rings. The highest BCUT2D eigenvalue weighted by Crippen LogP contribution is 2.25. The van der Waals surface area contributed by atoms with Crippen LogP contribution in [0.2, 0.25) is 0 Å². The van der Waals surface area contributed by atoms with E-state index < -0.39 is 11.6 Å². The molecule has 1 N–H and O–H groups in total. The van der Waals surface area contributed by atoms with Gasteiger partial charge in [-0.15, -0.1) is 0 Å². The Bertz CT molecular complexity index is 769. The second-order valence-corrected chi connectivity index (χ2v) is 5.12. The van der Waals surface area contributed by atoms with Gasteiger partial charge in [-0.1, -0.05) is 6.07 Å². The lowest BCUT2D eigenvalue weighted by Gasteiger charge is -2.12. The summed E-state index contributed by atoms with van der Waals surface area (Å²) in [6.07, 6.45) is 4.85. The van der Waals surface area contributed by atoms with E-state index in [0.717, 1.165) is 5.56 Å². The third-order valence-corrected chi connectivity index (χ3v) is 3.52. The van der Waals surface area contributed by atoms with Crippen molar-refractivity contribution < 1.29 is 13.2 Å². The molecule has 1 atom stereocenters. The Labute approximate surface area is 132 Å². The highest BCUT2D eigenvalue weighted by atomic mass is 19.1. The minimum Gasteiger partial charge on any atom is -0.444 e. The van der Waals surface area contributed by atoms with Crippen molar-refractivity contribution in [2.45, 2.75) is 19.5 Å². The summed E-state index contributed by atoms with van der Waals surface area (Å²) in [4.78, 5) is 8.12. The Morgan fingerprint density at radius 2 is 1.83 bits per heavy atom. The van der Waals surface area contributed by atoms with Gasteiger partial charge in [-0.25, -0.2) is 13.8 Å². The van der Waals surface area contributed by atoms with Gasteiger partial charge in [0.05, 0.1) is 5.69 Å². The summed E-state index contributed by atoms with van der Waals surface area (Å²) in [6.45, 7) is 2.43. The molecule has 0 radical (unpaired) electrons. The molecule has 0 spiro atoms. The first-order valence-corrected chi connectivity index (χ1v) is 7.17. The molecule has 0 aliphatic carbocycles. The van der Waals surface area contributed by atoms with Crippen molar-refractivity contribution in [2.24, 2.45) is 0 Å². The molecule has 0 amide bonds. The van der Waals surface area contributed by atoms with Crippen molar-refractivity contribution in [1.29, 1.82) is 0 Å². The molecule has 4 nitrogen and oxygen atoms in total. The lowest BCUT2D eigenvalue weighted by atomic mass is 10.1. The summed E-state index contributed by atoms with van der Waals surface area (Å²) in [7, 11) is 0. The molecular formula is C17H15F2N3O. The Hall–Kier alpha value is -2.60. The zero-order valence-electron chi connectivity index (χ0n) is 12.5. The Morgan fingerprint density at radius 1 is 1.13 bits per heavy atom. The zero-order valence-corrected chi connectivity index (χ0v) is 12.5. The molecule has 0 aliphatic heterocycles. The van der Waals surface area contributed by atoms with E-state index in [0.29, 0.717) is 12.2 Å². The maximum absolute atomic E-state index is 13.7. The van der Waals surface area contributed by atoms with Crippen molar-refractivity contribution in [1.82, 2.24) is 15.3 Å². The molecule has 0 aliphatic rings. The average molecular weight is 315 g/mol. The molecule has 3 rings (SSSR count). The summed E-state index contributed by atoms with van der Waals surface area (Å²) in [5, 5.41) is 3.27. The Kier molecular flexibility index (Phi) is 4.43. The first-order chi connectivity index (χ1) is 11.1. The van der Waals surface area contributed by atoms with Crippen LogP contribution >= 0.6 is 0 Å². The van der Waals surface area contributed by atoms with Crippen LogP contribution in [0.3, 0.4) is 0 Å². The van der Waals surface area contributed by atoms with Crippen molar-refractivity contribution in [2.75, 3.05) is 0 Å². The largest absolute Gasteiger partial charge is 0.444 e. The summed E-state index contributed by atoms with van der Waals surface area (Å²) in [5.41, 5.74) is 1.41. The van der Waals surface area contributed by atoms with Crippen LogP contribution < -0.4 is 5.32 Å². The topological polar surface area (TPSA) is 51.0 Å². The monoisotopic (exact) mass is 315 g/mol. The van der Waals surface area contributed by atoms with Crippen molar-refractivity contribution >= 4 is 0 Å². The van der Waals surface area contributed by atoms with E-state index in [1.807, 2.05) is 19.1 Å². The second kappa shape index (κ2) is 6.66. The maximum Gasteiger partial charge on any atom is 0.232 e. The molecule has 118 valence electrons. The summed E-state index contributed by atoms with van der Waals surface area (Å²) in [5.74, 6) is -1.46. The number of oxazole rings is 1. The van der Waals surface area contributed by atoms with E-state index in [9.17, 15) is 8.78 Å². The standard InChI is InChI=1S/C17H15F2N3O/c1-11(12-5-7-20-8-6-12)21-9-13-10-23-17(22-13)16-14(18)3-2-4-15(16)19/h2-8,10-11,21H,9H2,1H3. The first-order valence-electron chi connectivity index (χ1n) is 7.17. The molecule has 23 heavy (non-hydrogen) atoms. The van der Waals surface area contributed by atoms with Gasteiger partial charge in [0.25, 0.3) is 0 Å². The van der Waals surface area contributed by atoms with Crippen molar-refractivity contribution in [3.8, 4) is 11.5 Å². The van der Waals surface area contributed by atoms with Crippen LogP contribution in [-0.2, 0) is 6.54 Å². The number of rotatable bonds is 5. The van der Waals surface area contributed by atoms with Gasteiger partial charge in [0.1, 0.15) is 23.5 Å². The van der Waals surface area contributed by atoms with Crippen molar-refractivity contribution in [3.63, 3.8) is 0 Å². The van der Waals surface area contributed by atoms with Crippen LogP contribution in [-0.4, -0.2) is 9.97 Å². The average Bonchev–Trinajstić information content (AvgIpc) is 3.02. The summed E-state index contributed by atoms with van der Waals surface area (Å²) >= 11 is 0. The summed E-state index contributed by atoms with van der Waals surface area (Å²) in [6, 6.07) is 7.57. The van der Waals surface area contributed by atoms with E-state index in [1.54, 1.807) is 12.4 Å². The van der Waals surface area contributed by atoms with Gasteiger partial charge < -0.3 is 9.73 Å². The van der Waals surface area contributed by atoms with Gasteiger partial charge >= 0.3 is 0 Å². The van der Waals surface area contributed by atoms with E-state index in [-0.39, 0.29) is 17.5 Å². The van der Waals surface area contributed by atoms with E-state index in [4.69, 9.17) is 4.42 Å². The van der Waals surface area contributed by atoms with Crippen LogP contribution in [0.1, 0.15) is 24.2 Å². The number of hydrogen-bond donors (Lipinski definition) is 1. The second-order valence-electron chi connectivity index (χ2n) is 5.12. The molecule has 6 heteroatoms. The third kappa shape index (κ3) is 3.43. The number of halogens is 2. The fourth-order valence-electron chi connectivity index (χ4n) is 2.23. The first kappa shape index (κ1) is 15.3. The fourth-order valence-corrected chi connectivity index (χ4v) is 2.23. The van der Waals surface area contributed by atoms with Crippen molar-refractivity contribution in [3.05, 3.63) is 71.9 Å². The molecule has 0 fully saturated rings. The van der Waals surface area contributed by atoms with Crippen LogP contribution in [0.5, 0.6) is 0 Å². The smallest absolute Gasteiger partial charge is 0.232 e. The van der Waals surface area contributed by atoms with Gasteiger partial charge in [-0.05, 0) is 36.8 Å². The Balaban J connectivity index is 1.71. The lowest BCUT2D eigenvalue weighted by molar-refractivity contribution is 0.537. The SMILES string of the molecule is CC(NCc1coc(-c2c(F)cccc2F)n1)c1ccncc1.